The molecule has 102 valence electrons. The van der Waals surface area contributed by atoms with Gasteiger partial charge in [0.25, 0.3) is 0 Å². The van der Waals surface area contributed by atoms with Gasteiger partial charge in [0.15, 0.2) is 0 Å². The van der Waals surface area contributed by atoms with Crippen LogP contribution in [-0.4, -0.2) is 60.5 Å². The Morgan fingerprint density at radius 2 is 2.42 bits per heavy atom. The zero-order valence-electron chi connectivity index (χ0n) is 10.1. The van der Waals surface area contributed by atoms with Gasteiger partial charge in [-0.1, -0.05) is 11.8 Å². The van der Waals surface area contributed by atoms with E-state index in [4.69, 9.17) is 9.84 Å². The van der Waals surface area contributed by atoms with Crippen LogP contribution in [0.15, 0.2) is 17.6 Å². The molecule has 2 rings (SSSR count). The van der Waals surface area contributed by atoms with Gasteiger partial charge in [-0.3, -0.25) is 9.48 Å². The second kappa shape index (κ2) is 6.29. The Labute approximate surface area is 112 Å². The second-order valence-electron chi connectivity index (χ2n) is 3.51. The Balaban J connectivity index is 2.10. The first-order valence-corrected chi connectivity index (χ1v) is 6.34. The molecule has 0 unspecified atom stereocenters. The monoisotopic (exact) mass is 284 g/mol. The fourth-order valence-corrected chi connectivity index (χ4v) is 1.94. The number of hydrogen-bond acceptors (Lipinski definition) is 7. The highest BCUT2D eigenvalue weighted by Gasteiger charge is 2.12. The van der Waals surface area contributed by atoms with Gasteiger partial charge in [-0.25, -0.2) is 0 Å². The largest absolute Gasteiger partial charge is 0.481 e. The van der Waals surface area contributed by atoms with E-state index in [-0.39, 0.29) is 5.75 Å². The lowest BCUT2D eigenvalue weighted by Crippen LogP contribution is -2.04. The maximum absolute atomic E-state index is 10.5. The van der Waals surface area contributed by atoms with Crippen molar-refractivity contribution in [1.29, 1.82) is 0 Å². The molecular weight excluding hydrogens is 272 g/mol. The van der Waals surface area contributed by atoms with Crippen molar-refractivity contribution in [2.24, 2.45) is 0 Å². The van der Waals surface area contributed by atoms with Gasteiger partial charge in [0.2, 0.25) is 5.16 Å². The molecule has 0 saturated heterocycles. The molecule has 0 bridgehead atoms. The molecule has 19 heavy (non-hydrogen) atoms. The molecule has 9 nitrogen and oxygen atoms in total. The molecular formula is C9H12N6O3S. The minimum atomic E-state index is -0.921. The zero-order valence-corrected chi connectivity index (χ0v) is 10.9. The van der Waals surface area contributed by atoms with E-state index in [0.717, 1.165) is 11.8 Å². The van der Waals surface area contributed by atoms with E-state index in [0.29, 0.717) is 24.0 Å². The molecule has 1 N–H and O–H groups in total. The Morgan fingerprint density at radius 1 is 1.58 bits per heavy atom. The molecule has 2 heterocycles. The summed E-state index contributed by atoms with van der Waals surface area (Å²) in [4.78, 5) is 10.5. The SMILES string of the molecule is COCCn1cc(-n2nnnc2SCC(=O)O)cn1. The van der Waals surface area contributed by atoms with E-state index in [2.05, 4.69) is 20.6 Å². The molecule has 0 fully saturated rings. The summed E-state index contributed by atoms with van der Waals surface area (Å²) in [5.41, 5.74) is 0.675. The molecule has 0 spiro atoms. The predicted octanol–water partition coefficient (Wildman–Crippen LogP) is -0.318. The lowest BCUT2D eigenvalue weighted by atomic mass is 10.6. The molecule has 0 aliphatic carbocycles. The van der Waals surface area contributed by atoms with E-state index >= 15 is 0 Å². The number of nitrogens with zero attached hydrogens (tertiary/aromatic N) is 6. The Morgan fingerprint density at radius 3 is 3.16 bits per heavy atom. The third-order valence-corrected chi connectivity index (χ3v) is 3.06. The summed E-state index contributed by atoms with van der Waals surface area (Å²) >= 11 is 1.05. The van der Waals surface area contributed by atoms with Crippen molar-refractivity contribution in [1.82, 2.24) is 30.0 Å². The molecule has 10 heteroatoms. The smallest absolute Gasteiger partial charge is 0.313 e. The van der Waals surface area contributed by atoms with Crippen LogP contribution in [0.3, 0.4) is 0 Å². The Bertz CT molecular complexity index is 554. The van der Waals surface area contributed by atoms with E-state index in [1.165, 1.54) is 4.68 Å². The second-order valence-corrected chi connectivity index (χ2v) is 4.45. The third kappa shape index (κ3) is 3.51. The number of carboxylic acids is 1. The molecule has 0 aromatic carbocycles. The molecule has 0 aliphatic heterocycles. The predicted molar refractivity (Wildman–Crippen MR) is 65.2 cm³/mol. The van der Waals surface area contributed by atoms with Crippen molar-refractivity contribution >= 4 is 17.7 Å². The van der Waals surface area contributed by atoms with Gasteiger partial charge in [0.1, 0.15) is 5.69 Å². The first-order chi connectivity index (χ1) is 9.20. The third-order valence-electron chi connectivity index (χ3n) is 2.15. The average Bonchev–Trinajstić information content (AvgIpc) is 3.02. The first-order valence-electron chi connectivity index (χ1n) is 5.35. The fourth-order valence-electron chi connectivity index (χ4n) is 1.33. The number of aromatic nitrogens is 6. The average molecular weight is 284 g/mol. The van der Waals surface area contributed by atoms with Gasteiger partial charge in [-0.05, 0) is 10.4 Å². The number of hydrogen-bond donors (Lipinski definition) is 1. The highest BCUT2D eigenvalue weighted by molar-refractivity contribution is 7.99. The van der Waals surface area contributed by atoms with Crippen LogP contribution in [0.1, 0.15) is 0 Å². The molecule has 0 atom stereocenters. The summed E-state index contributed by atoms with van der Waals surface area (Å²) < 4.78 is 8.11. The summed E-state index contributed by atoms with van der Waals surface area (Å²) in [6.07, 6.45) is 3.37. The minimum Gasteiger partial charge on any atom is -0.481 e. The number of carbonyl (C=O) groups is 1. The molecule has 0 radical (unpaired) electrons. The number of carboxylic acid groups (broad SMARTS) is 1. The van der Waals surface area contributed by atoms with Crippen molar-refractivity contribution in [3.63, 3.8) is 0 Å². The summed E-state index contributed by atoms with van der Waals surface area (Å²) in [6.45, 7) is 1.17. The van der Waals surface area contributed by atoms with Crippen LogP contribution in [0.2, 0.25) is 0 Å². The summed E-state index contributed by atoms with van der Waals surface area (Å²) in [7, 11) is 1.62. The quantitative estimate of drug-likeness (QED) is 0.689. The number of thioether (sulfide) groups is 1. The van der Waals surface area contributed by atoms with Crippen molar-refractivity contribution in [2.75, 3.05) is 19.5 Å². The van der Waals surface area contributed by atoms with Crippen LogP contribution in [-0.2, 0) is 16.1 Å². The van der Waals surface area contributed by atoms with Gasteiger partial charge >= 0.3 is 5.97 Å². The molecule has 0 saturated carbocycles. The van der Waals surface area contributed by atoms with E-state index in [9.17, 15) is 4.79 Å². The molecule has 2 aromatic heterocycles. The number of methoxy groups -OCH3 is 1. The maximum atomic E-state index is 10.5. The Hall–Kier alpha value is -1.94. The lowest BCUT2D eigenvalue weighted by Gasteiger charge is -2.00. The van der Waals surface area contributed by atoms with Crippen molar-refractivity contribution in [3.05, 3.63) is 12.4 Å². The van der Waals surface area contributed by atoms with Crippen LogP contribution in [0.25, 0.3) is 5.69 Å². The van der Waals surface area contributed by atoms with Crippen molar-refractivity contribution in [2.45, 2.75) is 11.7 Å². The normalized spacial score (nSPS) is 10.8. The van der Waals surface area contributed by atoms with E-state index < -0.39 is 5.97 Å². The van der Waals surface area contributed by atoms with E-state index in [1.807, 2.05) is 0 Å². The van der Waals surface area contributed by atoms with Gasteiger partial charge in [0.05, 0.1) is 31.3 Å². The summed E-state index contributed by atoms with van der Waals surface area (Å²) in [5, 5.41) is 24.3. The highest BCUT2D eigenvalue weighted by Crippen LogP contribution is 2.17. The molecule has 2 aromatic rings. The number of rotatable bonds is 7. The first kappa shape index (κ1) is 13.5. The van der Waals surface area contributed by atoms with Crippen molar-refractivity contribution < 1.29 is 14.6 Å². The topological polar surface area (TPSA) is 108 Å². The van der Waals surface area contributed by atoms with Gasteiger partial charge in [-0.2, -0.15) is 9.78 Å². The lowest BCUT2D eigenvalue weighted by molar-refractivity contribution is -0.133. The van der Waals surface area contributed by atoms with Crippen LogP contribution in [0, 0.1) is 0 Å². The van der Waals surface area contributed by atoms with Crippen LogP contribution in [0.5, 0.6) is 0 Å². The highest BCUT2D eigenvalue weighted by atomic mass is 32.2. The van der Waals surface area contributed by atoms with E-state index in [1.54, 1.807) is 24.2 Å². The Kier molecular flexibility index (Phi) is 4.47. The van der Waals surface area contributed by atoms with Gasteiger partial charge in [-0.15, -0.1) is 5.10 Å². The maximum Gasteiger partial charge on any atom is 0.313 e. The number of tetrazole rings is 1. The summed E-state index contributed by atoms with van der Waals surface area (Å²) in [6, 6.07) is 0. The molecule has 0 aliphatic rings. The summed E-state index contributed by atoms with van der Waals surface area (Å²) in [5.74, 6) is -1.02. The number of ether oxygens (including phenoxy) is 1. The number of aliphatic carboxylic acids is 1. The van der Waals surface area contributed by atoms with Gasteiger partial charge in [0, 0.05) is 7.11 Å². The standard InChI is InChI=1S/C9H12N6O3S/c1-18-3-2-14-5-7(4-10-14)15-9(11-12-13-15)19-6-8(16)17/h4-5H,2-3,6H2,1H3,(H,16,17). The minimum absolute atomic E-state index is 0.0990. The van der Waals surface area contributed by atoms with Crippen LogP contribution < -0.4 is 0 Å². The van der Waals surface area contributed by atoms with Crippen molar-refractivity contribution in [3.8, 4) is 5.69 Å². The van der Waals surface area contributed by atoms with Crippen LogP contribution in [0.4, 0.5) is 0 Å². The molecule has 0 amide bonds. The zero-order chi connectivity index (χ0) is 13.7. The van der Waals surface area contributed by atoms with Gasteiger partial charge < -0.3 is 9.84 Å². The van der Waals surface area contributed by atoms with Crippen LogP contribution >= 0.6 is 11.8 Å². The fraction of sp³-hybridized carbons (Fsp3) is 0.444.